The van der Waals surface area contributed by atoms with Gasteiger partial charge in [0.1, 0.15) is 0 Å². The largest absolute Gasteiger partial charge is 0.366 e. The average molecular weight is 179 g/mol. The molecule has 0 fully saturated rings. The van der Waals surface area contributed by atoms with E-state index in [0.29, 0.717) is 5.56 Å². The number of primary amides is 1. The van der Waals surface area contributed by atoms with Gasteiger partial charge in [-0.05, 0) is 0 Å². The highest BCUT2D eigenvalue weighted by molar-refractivity contribution is 5.92. The summed E-state index contributed by atoms with van der Waals surface area (Å²) in [6.45, 7) is 6.28. The van der Waals surface area contributed by atoms with E-state index in [0.717, 1.165) is 0 Å². The first-order valence-electron chi connectivity index (χ1n) is 4.23. The van der Waals surface area contributed by atoms with Crippen molar-refractivity contribution >= 4 is 5.91 Å². The minimum absolute atomic E-state index is 0.0379. The first-order valence-corrected chi connectivity index (χ1v) is 4.23. The summed E-state index contributed by atoms with van der Waals surface area (Å²) in [6, 6.07) is 3.46. The first-order chi connectivity index (χ1) is 5.91. The Hall–Kier alpha value is -1.38. The third kappa shape index (κ3) is 2.28. The molecule has 0 atom stereocenters. The Balaban J connectivity index is 3.01. The maximum Gasteiger partial charge on any atom is 0.249 e. The number of nitrogens with zero attached hydrogens (tertiary/aromatic N) is 1. The minimum atomic E-state index is -0.388. The summed E-state index contributed by atoms with van der Waals surface area (Å²) >= 11 is 0. The maximum atomic E-state index is 10.8. The van der Waals surface area contributed by atoms with Crippen LogP contribution in [-0.4, -0.2) is 5.91 Å². The van der Waals surface area contributed by atoms with Crippen molar-refractivity contribution in [1.29, 1.82) is 0 Å². The Kier molecular flexibility index (Phi) is 2.36. The molecule has 0 radical (unpaired) electrons. The van der Waals surface area contributed by atoms with Gasteiger partial charge in [-0.2, -0.15) is 0 Å². The summed E-state index contributed by atoms with van der Waals surface area (Å²) in [5.41, 5.74) is 5.70. The summed E-state index contributed by atoms with van der Waals surface area (Å²) < 4.78 is 2.03. The van der Waals surface area contributed by atoms with Crippen LogP contribution in [0.3, 0.4) is 0 Å². The molecule has 0 saturated carbocycles. The number of hydrogen-bond acceptors (Lipinski definition) is 1. The molecule has 2 N–H and O–H groups in total. The van der Waals surface area contributed by atoms with E-state index in [-0.39, 0.29) is 11.4 Å². The van der Waals surface area contributed by atoms with Gasteiger partial charge in [-0.3, -0.25) is 4.79 Å². The van der Waals surface area contributed by atoms with Crippen LogP contribution in [0.15, 0.2) is 24.5 Å². The highest BCUT2D eigenvalue weighted by atomic mass is 16.1. The predicted octanol–water partition coefficient (Wildman–Crippen LogP) is 0.828. The smallest absolute Gasteiger partial charge is 0.249 e. The summed E-state index contributed by atoms with van der Waals surface area (Å²) in [5, 5.41) is 0. The molecule has 1 aromatic heterocycles. The molecule has 70 valence electrons. The third-order valence-electron chi connectivity index (χ3n) is 1.89. The van der Waals surface area contributed by atoms with Crippen LogP contribution in [0.4, 0.5) is 0 Å². The molecule has 3 nitrogen and oxygen atoms in total. The molecule has 3 heteroatoms. The fourth-order valence-corrected chi connectivity index (χ4v) is 1.04. The Morgan fingerprint density at radius 3 is 2.08 bits per heavy atom. The van der Waals surface area contributed by atoms with Crippen LogP contribution in [-0.2, 0) is 5.54 Å². The topological polar surface area (TPSA) is 47.0 Å². The lowest BCUT2D eigenvalue weighted by atomic mass is 10.1. The van der Waals surface area contributed by atoms with Crippen LogP contribution in [0.5, 0.6) is 0 Å². The molecular formula is C10H15N2O+. The minimum Gasteiger partial charge on any atom is -0.366 e. The van der Waals surface area contributed by atoms with Gasteiger partial charge in [0.05, 0.1) is 5.56 Å². The molecule has 13 heavy (non-hydrogen) atoms. The van der Waals surface area contributed by atoms with E-state index in [1.54, 1.807) is 12.1 Å². The van der Waals surface area contributed by atoms with Gasteiger partial charge in [0, 0.05) is 32.9 Å². The second-order valence-corrected chi connectivity index (χ2v) is 4.03. The lowest BCUT2D eigenvalue weighted by molar-refractivity contribution is -0.754. The summed E-state index contributed by atoms with van der Waals surface area (Å²) in [4.78, 5) is 10.8. The van der Waals surface area contributed by atoms with E-state index in [4.69, 9.17) is 5.73 Å². The zero-order chi connectivity index (χ0) is 10.1. The monoisotopic (exact) mass is 179 g/mol. The molecule has 0 aliphatic carbocycles. The second kappa shape index (κ2) is 3.17. The third-order valence-corrected chi connectivity index (χ3v) is 1.89. The van der Waals surface area contributed by atoms with Crippen molar-refractivity contribution < 1.29 is 9.36 Å². The van der Waals surface area contributed by atoms with E-state index in [2.05, 4.69) is 20.8 Å². The lowest BCUT2D eigenvalue weighted by Gasteiger charge is -2.12. The van der Waals surface area contributed by atoms with Crippen molar-refractivity contribution in [3.05, 3.63) is 30.1 Å². The van der Waals surface area contributed by atoms with E-state index >= 15 is 0 Å². The standard InChI is InChI=1S/C10H14N2O/c1-10(2,3)12-6-4-8(5-7-12)9(11)13/h4-7H,1-3H3,(H-,11,13)/p+1. The normalized spacial score (nSPS) is 11.3. The molecule has 0 aliphatic rings. The van der Waals surface area contributed by atoms with Crippen molar-refractivity contribution in [2.45, 2.75) is 26.3 Å². The number of rotatable bonds is 1. The van der Waals surface area contributed by atoms with Crippen LogP contribution in [0, 0.1) is 0 Å². The van der Waals surface area contributed by atoms with Crippen LogP contribution >= 0.6 is 0 Å². The molecular weight excluding hydrogens is 164 g/mol. The fourth-order valence-electron chi connectivity index (χ4n) is 1.04. The molecule has 0 spiro atoms. The van der Waals surface area contributed by atoms with Crippen LogP contribution in [0.1, 0.15) is 31.1 Å². The molecule has 0 unspecified atom stereocenters. The van der Waals surface area contributed by atoms with Gasteiger partial charge in [0.2, 0.25) is 5.91 Å². The van der Waals surface area contributed by atoms with Crippen molar-refractivity contribution in [3.63, 3.8) is 0 Å². The van der Waals surface area contributed by atoms with E-state index in [1.165, 1.54) is 0 Å². The highest BCUT2D eigenvalue weighted by Gasteiger charge is 2.20. The van der Waals surface area contributed by atoms with Crippen molar-refractivity contribution in [3.8, 4) is 0 Å². The van der Waals surface area contributed by atoms with Crippen molar-refractivity contribution in [1.82, 2.24) is 0 Å². The van der Waals surface area contributed by atoms with Gasteiger partial charge in [-0.15, -0.1) is 0 Å². The molecule has 1 amide bonds. The van der Waals surface area contributed by atoms with E-state index < -0.39 is 0 Å². The van der Waals surface area contributed by atoms with Crippen molar-refractivity contribution in [2.24, 2.45) is 5.73 Å². The Labute approximate surface area is 78.2 Å². The average Bonchev–Trinajstić information content (AvgIpc) is 2.03. The van der Waals surface area contributed by atoms with Crippen LogP contribution in [0.25, 0.3) is 0 Å². The fraction of sp³-hybridized carbons (Fsp3) is 0.400. The quantitative estimate of drug-likeness (QED) is 0.638. The molecule has 1 aromatic rings. The van der Waals surface area contributed by atoms with Gasteiger partial charge in [0.15, 0.2) is 17.9 Å². The van der Waals surface area contributed by atoms with Crippen LogP contribution < -0.4 is 10.3 Å². The number of hydrogen-bond donors (Lipinski definition) is 1. The molecule has 0 saturated heterocycles. The number of amides is 1. The molecule has 1 heterocycles. The second-order valence-electron chi connectivity index (χ2n) is 4.03. The van der Waals surface area contributed by atoms with Gasteiger partial charge in [-0.25, -0.2) is 4.57 Å². The summed E-state index contributed by atoms with van der Waals surface area (Å²) in [6.07, 6.45) is 3.72. The van der Waals surface area contributed by atoms with Crippen molar-refractivity contribution in [2.75, 3.05) is 0 Å². The number of carbonyl (C=O) groups is 1. The van der Waals surface area contributed by atoms with E-state index in [9.17, 15) is 4.79 Å². The number of carbonyl (C=O) groups excluding carboxylic acids is 1. The van der Waals surface area contributed by atoms with Crippen LogP contribution in [0.2, 0.25) is 0 Å². The number of nitrogens with two attached hydrogens (primary N) is 1. The Morgan fingerprint density at radius 1 is 1.31 bits per heavy atom. The summed E-state index contributed by atoms with van der Waals surface area (Å²) in [7, 11) is 0. The molecule has 0 aromatic carbocycles. The highest BCUT2D eigenvalue weighted by Crippen LogP contribution is 2.03. The SMILES string of the molecule is CC(C)(C)[n+]1ccc(C(N)=O)cc1. The Bertz CT molecular complexity index is 309. The zero-order valence-corrected chi connectivity index (χ0v) is 8.24. The molecule has 1 rings (SSSR count). The van der Waals surface area contributed by atoms with Gasteiger partial charge < -0.3 is 5.73 Å². The van der Waals surface area contributed by atoms with Gasteiger partial charge in [-0.1, -0.05) is 0 Å². The predicted molar refractivity (Wildman–Crippen MR) is 50.2 cm³/mol. The van der Waals surface area contributed by atoms with Gasteiger partial charge >= 0.3 is 0 Å². The number of aromatic nitrogens is 1. The lowest BCUT2D eigenvalue weighted by Crippen LogP contribution is -2.49. The number of pyridine rings is 1. The summed E-state index contributed by atoms with van der Waals surface area (Å²) in [5.74, 6) is -0.388. The zero-order valence-electron chi connectivity index (χ0n) is 8.24. The first kappa shape index (κ1) is 9.71. The van der Waals surface area contributed by atoms with E-state index in [1.807, 2.05) is 17.0 Å². The Morgan fingerprint density at radius 2 is 1.77 bits per heavy atom. The maximum absolute atomic E-state index is 10.8. The molecule has 0 bridgehead atoms. The van der Waals surface area contributed by atoms with Gasteiger partial charge in [0.25, 0.3) is 0 Å². The molecule has 0 aliphatic heterocycles.